The number of aliphatic hydroxyl groups excluding tert-OH is 1. The summed E-state index contributed by atoms with van der Waals surface area (Å²) in [6, 6.07) is 5.81. The van der Waals surface area contributed by atoms with E-state index in [9.17, 15) is 0 Å². The summed E-state index contributed by atoms with van der Waals surface area (Å²) in [6.07, 6.45) is 0. The number of hydrogen-bond donors (Lipinski definition) is 2. The fourth-order valence-corrected chi connectivity index (χ4v) is 2.34. The van der Waals surface area contributed by atoms with E-state index in [1.807, 2.05) is 29.8 Å². The zero-order valence-electron chi connectivity index (χ0n) is 11.8. The molecule has 0 spiro atoms. The summed E-state index contributed by atoms with van der Waals surface area (Å²) in [5.41, 5.74) is 1.97. The molecule has 1 aromatic heterocycles. The molecular formula is C14H20ClN3O2. The second kappa shape index (κ2) is 7.04. The maximum atomic E-state index is 8.62. The summed E-state index contributed by atoms with van der Waals surface area (Å²) in [5, 5.41) is 12.7. The van der Waals surface area contributed by atoms with Crippen LogP contribution in [-0.4, -0.2) is 41.0 Å². The van der Waals surface area contributed by atoms with Gasteiger partial charge in [-0.2, -0.15) is 0 Å². The van der Waals surface area contributed by atoms with E-state index in [4.69, 9.17) is 21.4 Å². The largest absolute Gasteiger partial charge is 0.394 e. The van der Waals surface area contributed by atoms with Crippen molar-refractivity contribution in [3.63, 3.8) is 0 Å². The number of nitrogens with zero attached hydrogens (tertiary/aromatic N) is 2. The molecule has 0 fully saturated rings. The second-order valence-electron chi connectivity index (χ2n) is 4.67. The standard InChI is InChI=1S/C14H20ClN3O2/c1-10(16-5-7-20-8-6-19)14-17-12-4-3-11(15)9-13(12)18(14)2/h3-4,9-10,16,19H,5-8H2,1-2H3. The van der Waals surface area contributed by atoms with Crippen LogP contribution < -0.4 is 5.32 Å². The van der Waals surface area contributed by atoms with Gasteiger partial charge in [0.2, 0.25) is 0 Å². The van der Waals surface area contributed by atoms with Gasteiger partial charge in [0.15, 0.2) is 0 Å². The Labute approximate surface area is 123 Å². The number of aryl methyl sites for hydroxylation is 1. The Bertz CT molecular complexity index is 571. The first-order valence-electron chi connectivity index (χ1n) is 6.67. The highest BCUT2D eigenvalue weighted by Gasteiger charge is 2.14. The first kappa shape index (κ1) is 15.3. The number of aromatic nitrogens is 2. The number of rotatable bonds is 7. The van der Waals surface area contributed by atoms with Crippen LogP contribution in [0.15, 0.2) is 18.2 Å². The van der Waals surface area contributed by atoms with E-state index in [-0.39, 0.29) is 12.6 Å². The summed E-state index contributed by atoms with van der Waals surface area (Å²) < 4.78 is 7.27. The van der Waals surface area contributed by atoms with Gasteiger partial charge in [-0.3, -0.25) is 0 Å². The van der Waals surface area contributed by atoms with Crippen LogP contribution in [0.2, 0.25) is 5.02 Å². The van der Waals surface area contributed by atoms with Gasteiger partial charge in [0.1, 0.15) is 5.82 Å². The Morgan fingerprint density at radius 2 is 2.25 bits per heavy atom. The van der Waals surface area contributed by atoms with Crippen molar-refractivity contribution >= 4 is 22.6 Å². The highest BCUT2D eigenvalue weighted by atomic mass is 35.5. The molecule has 20 heavy (non-hydrogen) atoms. The van der Waals surface area contributed by atoms with Crippen LogP contribution in [0, 0.1) is 0 Å². The van der Waals surface area contributed by atoms with Gasteiger partial charge in [0.25, 0.3) is 0 Å². The van der Waals surface area contributed by atoms with Crippen molar-refractivity contribution in [1.82, 2.24) is 14.9 Å². The lowest BCUT2D eigenvalue weighted by Crippen LogP contribution is -2.25. The van der Waals surface area contributed by atoms with Crippen molar-refractivity contribution in [3.05, 3.63) is 29.0 Å². The van der Waals surface area contributed by atoms with Crippen molar-refractivity contribution < 1.29 is 9.84 Å². The monoisotopic (exact) mass is 297 g/mol. The van der Waals surface area contributed by atoms with E-state index >= 15 is 0 Å². The minimum atomic E-state index is 0.0566. The summed E-state index contributed by atoms with van der Waals surface area (Å²) in [5.74, 6) is 0.962. The lowest BCUT2D eigenvalue weighted by molar-refractivity contribution is 0.0927. The highest BCUT2D eigenvalue weighted by Crippen LogP contribution is 2.22. The van der Waals surface area contributed by atoms with Crippen LogP contribution in [0.3, 0.4) is 0 Å². The fourth-order valence-electron chi connectivity index (χ4n) is 2.17. The predicted octanol–water partition coefficient (Wildman–Crippen LogP) is 1.89. The average Bonchev–Trinajstić information content (AvgIpc) is 2.76. The molecule has 2 aromatic rings. The Morgan fingerprint density at radius 1 is 1.45 bits per heavy atom. The quantitative estimate of drug-likeness (QED) is 0.766. The van der Waals surface area contributed by atoms with Crippen molar-refractivity contribution in [2.24, 2.45) is 7.05 Å². The Balaban J connectivity index is 2.02. The molecule has 0 aliphatic rings. The molecule has 1 heterocycles. The van der Waals surface area contributed by atoms with Crippen molar-refractivity contribution in [3.8, 4) is 0 Å². The molecule has 5 nitrogen and oxygen atoms in total. The van der Waals surface area contributed by atoms with Crippen LogP contribution in [0.4, 0.5) is 0 Å². The molecule has 1 aromatic carbocycles. The molecule has 2 rings (SSSR count). The van der Waals surface area contributed by atoms with Gasteiger partial charge < -0.3 is 19.7 Å². The van der Waals surface area contributed by atoms with Crippen LogP contribution in [-0.2, 0) is 11.8 Å². The first-order chi connectivity index (χ1) is 9.63. The van der Waals surface area contributed by atoms with E-state index in [1.54, 1.807) is 0 Å². The predicted molar refractivity (Wildman–Crippen MR) is 80.0 cm³/mol. The van der Waals surface area contributed by atoms with Gasteiger partial charge in [0, 0.05) is 18.6 Å². The Kier molecular flexibility index (Phi) is 5.37. The smallest absolute Gasteiger partial charge is 0.126 e. The number of ether oxygens (including phenoxy) is 1. The third-order valence-corrected chi connectivity index (χ3v) is 3.43. The average molecular weight is 298 g/mol. The molecule has 0 aliphatic heterocycles. The summed E-state index contributed by atoms with van der Waals surface area (Å²) in [7, 11) is 1.99. The molecule has 0 bridgehead atoms. The fraction of sp³-hybridized carbons (Fsp3) is 0.500. The summed E-state index contributed by atoms with van der Waals surface area (Å²) in [4.78, 5) is 4.63. The van der Waals surface area contributed by atoms with E-state index in [0.29, 0.717) is 24.8 Å². The number of fused-ring (bicyclic) bond motifs is 1. The molecule has 0 aliphatic carbocycles. The maximum Gasteiger partial charge on any atom is 0.126 e. The zero-order chi connectivity index (χ0) is 14.5. The normalized spacial score (nSPS) is 13.0. The Hall–Kier alpha value is -1.14. The van der Waals surface area contributed by atoms with Gasteiger partial charge in [-0.15, -0.1) is 0 Å². The number of hydrogen-bond acceptors (Lipinski definition) is 4. The van der Waals surface area contributed by atoms with E-state index in [2.05, 4.69) is 17.2 Å². The SMILES string of the molecule is CC(NCCOCCO)c1nc2ccc(Cl)cc2n1C. The second-order valence-corrected chi connectivity index (χ2v) is 5.11. The van der Waals surface area contributed by atoms with Crippen molar-refractivity contribution in [2.45, 2.75) is 13.0 Å². The van der Waals surface area contributed by atoms with Crippen LogP contribution >= 0.6 is 11.6 Å². The van der Waals surface area contributed by atoms with Gasteiger partial charge >= 0.3 is 0 Å². The van der Waals surface area contributed by atoms with E-state index in [1.165, 1.54) is 0 Å². The van der Waals surface area contributed by atoms with Gasteiger partial charge in [-0.05, 0) is 25.1 Å². The topological polar surface area (TPSA) is 59.3 Å². The molecule has 2 N–H and O–H groups in total. The summed E-state index contributed by atoms with van der Waals surface area (Å²) in [6.45, 7) is 3.78. The van der Waals surface area contributed by atoms with Crippen LogP contribution in [0.1, 0.15) is 18.8 Å². The van der Waals surface area contributed by atoms with Gasteiger partial charge in [-0.25, -0.2) is 4.98 Å². The number of halogens is 1. The summed E-state index contributed by atoms with van der Waals surface area (Å²) >= 11 is 6.02. The highest BCUT2D eigenvalue weighted by molar-refractivity contribution is 6.31. The Morgan fingerprint density at radius 3 is 3.00 bits per heavy atom. The van der Waals surface area contributed by atoms with Gasteiger partial charge in [-0.1, -0.05) is 11.6 Å². The van der Waals surface area contributed by atoms with Crippen LogP contribution in [0.25, 0.3) is 11.0 Å². The minimum Gasteiger partial charge on any atom is -0.394 e. The van der Waals surface area contributed by atoms with E-state index in [0.717, 1.165) is 16.9 Å². The molecular weight excluding hydrogens is 278 g/mol. The molecule has 0 radical (unpaired) electrons. The lowest BCUT2D eigenvalue weighted by Gasteiger charge is -2.13. The van der Waals surface area contributed by atoms with E-state index < -0.39 is 0 Å². The third kappa shape index (κ3) is 3.49. The molecule has 0 amide bonds. The molecule has 1 atom stereocenters. The van der Waals surface area contributed by atoms with Gasteiger partial charge in [0.05, 0.1) is 36.9 Å². The number of benzene rings is 1. The lowest BCUT2D eigenvalue weighted by atomic mass is 10.3. The molecule has 0 saturated heterocycles. The molecule has 0 saturated carbocycles. The molecule has 1 unspecified atom stereocenters. The van der Waals surface area contributed by atoms with Crippen molar-refractivity contribution in [2.75, 3.05) is 26.4 Å². The number of imidazole rings is 1. The number of aliphatic hydroxyl groups is 1. The van der Waals surface area contributed by atoms with Crippen molar-refractivity contribution in [1.29, 1.82) is 0 Å². The first-order valence-corrected chi connectivity index (χ1v) is 7.05. The molecule has 6 heteroatoms. The zero-order valence-corrected chi connectivity index (χ0v) is 12.5. The number of nitrogens with one attached hydrogen (secondary N) is 1. The maximum absolute atomic E-state index is 8.62. The minimum absolute atomic E-state index is 0.0566. The molecule has 110 valence electrons. The van der Waals surface area contributed by atoms with Crippen LogP contribution in [0.5, 0.6) is 0 Å². The third-order valence-electron chi connectivity index (χ3n) is 3.20.